The zero-order chi connectivity index (χ0) is 14.0. The SMILES string of the molecule is CC(=O)c1cc(N)nc(CC2CCN[C@H](C)C2)c1F. The Morgan fingerprint density at radius 1 is 1.63 bits per heavy atom. The third-order valence-corrected chi connectivity index (χ3v) is 3.64. The average molecular weight is 265 g/mol. The highest BCUT2D eigenvalue weighted by molar-refractivity contribution is 5.95. The smallest absolute Gasteiger partial charge is 0.162 e. The molecule has 0 spiro atoms. The lowest BCUT2D eigenvalue weighted by molar-refractivity contribution is 0.101. The van der Waals surface area contributed by atoms with Crippen LogP contribution >= 0.6 is 0 Å². The Balaban J connectivity index is 2.22. The van der Waals surface area contributed by atoms with Crippen LogP contribution in [0.5, 0.6) is 0 Å². The van der Waals surface area contributed by atoms with E-state index >= 15 is 0 Å². The first kappa shape index (κ1) is 13.9. The summed E-state index contributed by atoms with van der Waals surface area (Å²) in [5.74, 6) is -0.220. The van der Waals surface area contributed by atoms with Gasteiger partial charge in [-0.2, -0.15) is 0 Å². The van der Waals surface area contributed by atoms with Crippen molar-refractivity contribution in [2.24, 2.45) is 5.92 Å². The van der Waals surface area contributed by atoms with Crippen LogP contribution in [0.3, 0.4) is 0 Å². The normalized spacial score (nSPS) is 23.3. The number of pyridine rings is 1. The number of ketones is 1. The Kier molecular flexibility index (Phi) is 4.14. The van der Waals surface area contributed by atoms with Crippen molar-refractivity contribution in [1.82, 2.24) is 10.3 Å². The van der Waals surface area contributed by atoms with E-state index in [1.165, 1.54) is 13.0 Å². The van der Waals surface area contributed by atoms with Gasteiger partial charge in [-0.3, -0.25) is 4.79 Å². The minimum atomic E-state index is -0.507. The van der Waals surface area contributed by atoms with Crippen LogP contribution in [-0.2, 0) is 6.42 Å². The van der Waals surface area contributed by atoms with Crippen molar-refractivity contribution < 1.29 is 9.18 Å². The van der Waals surface area contributed by atoms with Crippen molar-refractivity contribution in [3.8, 4) is 0 Å². The number of Topliss-reactive ketones (excluding diaryl/α,β-unsaturated/α-hetero) is 1. The molecule has 1 unspecified atom stereocenters. The van der Waals surface area contributed by atoms with E-state index in [0.29, 0.717) is 24.1 Å². The molecule has 1 fully saturated rings. The van der Waals surface area contributed by atoms with Crippen molar-refractivity contribution in [1.29, 1.82) is 0 Å². The van der Waals surface area contributed by atoms with Gasteiger partial charge in [0.05, 0.1) is 11.3 Å². The molecule has 3 N–H and O–H groups in total. The van der Waals surface area contributed by atoms with Crippen molar-refractivity contribution >= 4 is 11.6 Å². The fraction of sp³-hybridized carbons (Fsp3) is 0.571. The van der Waals surface area contributed by atoms with Gasteiger partial charge in [0.15, 0.2) is 11.6 Å². The summed E-state index contributed by atoms with van der Waals surface area (Å²) >= 11 is 0. The van der Waals surface area contributed by atoms with Gasteiger partial charge in [0.2, 0.25) is 0 Å². The second-order valence-electron chi connectivity index (χ2n) is 5.36. The van der Waals surface area contributed by atoms with E-state index in [1.54, 1.807) is 0 Å². The summed E-state index contributed by atoms with van der Waals surface area (Å²) in [6, 6.07) is 1.75. The second kappa shape index (κ2) is 5.65. The van der Waals surface area contributed by atoms with Crippen LogP contribution in [0.4, 0.5) is 10.2 Å². The molecule has 2 rings (SSSR count). The summed E-state index contributed by atoms with van der Waals surface area (Å²) in [5.41, 5.74) is 6.03. The number of aromatic nitrogens is 1. The lowest BCUT2D eigenvalue weighted by Crippen LogP contribution is -2.36. The van der Waals surface area contributed by atoms with Gasteiger partial charge in [0.25, 0.3) is 0 Å². The molecule has 0 saturated carbocycles. The maximum atomic E-state index is 14.2. The molecular weight excluding hydrogens is 245 g/mol. The van der Waals surface area contributed by atoms with Crippen molar-refractivity contribution in [2.45, 2.75) is 39.2 Å². The number of piperidine rings is 1. The van der Waals surface area contributed by atoms with Gasteiger partial charge in [0, 0.05) is 6.04 Å². The minimum Gasteiger partial charge on any atom is -0.384 e. The highest BCUT2D eigenvalue weighted by Crippen LogP contribution is 2.23. The maximum Gasteiger partial charge on any atom is 0.162 e. The topological polar surface area (TPSA) is 68.0 Å². The van der Waals surface area contributed by atoms with E-state index in [1.807, 2.05) is 0 Å². The number of hydrogen-bond donors (Lipinski definition) is 2. The predicted molar refractivity (Wildman–Crippen MR) is 72.5 cm³/mol. The third-order valence-electron chi connectivity index (χ3n) is 3.64. The number of carbonyl (C=O) groups excluding carboxylic acids is 1. The number of carbonyl (C=O) groups is 1. The lowest BCUT2D eigenvalue weighted by atomic mass is 9.88. The standard InChI is InChI=1S/C14H20FN3O/c1-8-5-10(3-4-17-8)6-12-14(15)11(9(2)19)7-13(16)18-12/h7-8,10,17H,3-6H2,1-2H3,(H2,16,18)/t8-,10?/m1/s1. The highest BCUT2D eigenvalue weighted by Gasteiger charge is 2.22. The van der Waals surface area contributed by atoms with Crippen LogP contribution < -0.4 is 11.1 Å². The Labute approximate surface area is 112 Å². The first-order valence-electron chi connectivity index (χ1n) is 6.66. The molecule has 0 aliphatic carbocycles. The summed E-state index contributed by atoms with van der Waals surface area (Å²) in [6.45, 7) is 4.40. The number of nitrogens with two attached hydrogens (primary N) is 1. The molecule has 2 atom stereocenters. The zero-order valence-electron chi connectivity index (χ0n) is 11.4. The van der Waals surface area contributed by atoms with Crippen LogP contribution in [0.2, 0.25) is 0 Å². The lowest BCUT2D eigenvalue weighted by Gasteiger charge is -2.28. The van der Waals surface area contributed by atoms with Crippen LogP contribution in [0.15, 0.2) is 6.07 Å². The minimum absolute atomic E-state index is 0.0458. The summed E-state index contributed by atoms with van der Waals surface area (Å²) in [4.78, 5) is 15.4. The molecule has 19 heavy (non-hydrogen) atoms. The van der Waals surface area contributed by atoms with Crippen LogP contribution in [0.25, 0.3) is 0 Å². The summed E-state index contributed by atoms with van der Waals surface area (Å²) in [7, 11) is 0. The monoisotopic (exact) mass is 265 g/mol. The van der Waals surface area contributed by atoms with Gasteiger partial charge in [-0.05, 0) is 51.6 Å². The van der Waals surface area contributed by atoms with E-state index in [-0.39, 0.29) is 17.2 Å². The van der Waals surface area contributed by atoms with Crippen LogP contribution in [0.1, 0.15) is 42.7 Å². The number of hydrogen-bond acceptors (Lipinski definition) is 4. The van der Waals surface area contributed by atoms with Crippen molar-refractivity contribution in [2.75, 3.05) is 12.3 Å². The quantitative estimate of drug-likeness (QED) is 0.819. The van der Waals surface area contributed by atoms with Crippen LogP contribution in [-0.4, -0.2) is 23.4 Å². The largest absolute Gasteiger partial charge is 0.384 e. The second-order valence-corrected chi connectivity index (χ2v) is 5.36. The molecular formula is C14H20FN3O. The van der Waals surface area contributed by atoms with E-state index in [9.17, 15) is 9.18 Å². The molecule has 1 aromatic rings. The molecule has 1 aliphatic rings. The fourth-order valence-electron chi connectivity index (χ4n) is 2.69. The van der Waals surface area contributed by atoms with Crippen LogP contribution in [0, 0.1) is 11.7 Å². The van der Waals surface area contributed by atoms with Gasteiger partial charge in [-0.25, -0.2) is 9.37 Å². The Morgan fingerprint density at radius 3 is 3.00 bits per heavy atom. The van der Waals surface area contributed by atoms with Gasteiger partial charge < -0.3 is 11.1 Å². The van der Waals surface area contributed by atoms with E-state index in [2.05, 4.69) is 17.2 Å². The number of nitrogen functional groups attached to an aromatic ring is 1. The zero-order valence-corrected chi connectivity index (χ0v) is 11.4. The fourth-order valence-corrected chi connectivity index (χ4v) is 2.69. The Bertz CT molecular complexity index is 490. The van der Waals surface area contributed by atoms with Crippen molar-refractivity contribution in [3.05, 3.63) is 23.1 Å². The maximum absolute atomic E-state index is 14.2. The Hall–Kier alpha value is -1.49. The molecule has 2 heterocycles. The molecule has 1 saturated heterocycles. The van der Waals surface area contributed by atoms with Gasteiger partial charge in [-0.1, -0.05) is 0 Å². The molecule has 0 radical (unpaired) electrons. The van der Waals surface area contributed by atoms with Gasteiger partial charge in [-0.15, -0.1) is 0 Å². The number of anilines is 1. The van der Waals surface area contributed by atoms with E-state index in [4.69, 9.17) is 5.73 Å². The summed E-state index contributed by atoms with van der Waals surface area (Å²) in [5, 5.41) is 3.36. The molecule has 1 aromatic heterocycles. The number of nitrogens with zero attached hydrogens (tertiary/aromatic N) is 1. The first-order chi connectivity index (χ1) is 8.97. The molecule has 4 nitrogen and oxygen atoms in total. The molecule has 0 amide bonds. The average Bonchev–Trinajstić information content (AvgIpc) is 2.33. The molecule has 5 heteroatoms. The summed E-state index contributed by atoms with van der Waals surface area (Å²) in [6.07, 6.45) is 2.53. The molecule has 0 bridgehead atoms. The summed E-state index contributed by atoms with van der Waals surface area (Å²) < 4.78 is 14.2. The Morgan fingerprint density at radius 2 is 2.37 bits per heavy atom. The van der Waals surface area contributed by atoms with Crippen molar-refractivity contribution in [3.63, 3.8) is 0 Å². The third kappa shape index (κ3) is 3.29. The van der Waals surface area contributed by atoms with E-state index < -0.39 is 5.82 Å². The van der Waals surface area contributed by atoms with Gasteiger partial charge in [0.1, 0.15) is 5.82 Å². The number of halogens is 1. The van der Waals surface area contributed by atoms with Gasteiger partial charge >= 0.3 is 0 Å². The number of rotatable bonds is 3. The molecule has 1 aliphatic heterocycles. The van der Waals surface area contributed by atoms with E-state index in [0.717, 1.165) is 19.4 Å². The molecule has 104 valence electrons. The highest BCUT2D eigenvalue weighted by atomic mass is 19.1. The predicted octanol–water partition coefficient (Wildman–Crippen LogP) is 1.94. The molecule has 0 aromatic carbocycles. The first-order valence-corrected chi connectivity index (χ1v) is 6.66. The number of nitrogens with one attached hydrogen (secondary N) is 1.